The second-order valence-corrected chi connectivity index (χ2v) is 9.87. The number of carbonyl (C=O) groups excluding carboxylic acids is 1. The number of hydrogen-bond donors (Lipinski definition) is 1. The SMILES string of the molecule is C[C@@H]1COCCN1c1nc2n(c(=O)c1F)CC[C@@H](C(F)(F)F)N2CC(=O)C(C)(C)C.O=c1ccnc[nH]1. The van der Waals surface area contributed by atoms with Crippen LogP contribution in [-0.2, 0) is 16.1 Å². The Bertz CT molecular complexity index is 1210. The molecule has 1 fully saturated rings. The number of hydrogen-bond acceptors (Lipinski definition) is 8. The number of fused-ring (bicyclic) bond motifs is 1. The van der Waals surface area contributed by atoms with Crippen LogP contribution in [0.15, 0.2) is 28.2 Å². The molecular weight excluding hydrogens is 500 g/mol. The van der Waals surface area contributed by atoms with Crippen LogP contribution < -0.4 is 20.9 Å². The number of halogens is 4. The molecule has 0 aliphatic carbocycles. The van der Waals surface area contributed by atoms with Crippen LogP contribution in [-0.4, -0.2) is 69.9 Å². The summed E-state index contributed by atoms with van der Waals surface area (Å²) in [5.74, 6) is -2.19. The van der Waals surface area contributed by atoms with Gasteiger partial charge in [-0.25, -0.2) is 4.98 Å². The number of aromatic amines is 1. The molecule has 2 aliphatic rings. The summed E-state index contributed by atoms with van der Waals surface area (Å²) in [5.41, 5.74) is -2.04. The van der Waals surface area contributed by atoms with Crippen LogP contribution >= 0.6 is 0 Å². The first-order chi connectivity index (χ1) is 17.2. The maximum Gasteiger partial charge on any atom is 0.408 e. The summed E-state index contributed by atoms with van der Waals surface area (Å²) in [6.45, 7) is 6.45. The van der Waals surface area contributed by atoms with Gasteiger partial charge in [0.1, 0.15) is 6.04 Å². The molecule has 2 aromatic heterocycles. The zero-order chi connectivity index (χ0) is 27.5. The number of aromatic nitrogens is 4. The predicted molar refractivity (Wildman–Crippen MR) is 127 cm³/mol. The number of rotatable bonds is 3. The van der Waals surface area contributed by atoms with Gasteiger partial charge in [-0.05, 0) is 13.3 Å². The molecule has 2 atom stereocenters. The number of Topliss-reactive ketones (excluding diaryl/α,β-unsaturated/α-hetero) is 1. The first-order valence-corrected chi connectivity index (χ1v) is 11.7. The van der Waals surface area contributed by atoms with Gasteiger partial charge < -0.3 is 19.5 Å². The van der Waals surface area contributed by atoms with E-state index in [9.17, 15) is 31.9 Å². The molecule has 4 rings (SSSR count). The molecular formula is C23H30F4N6O4. The molecule has 0 radical (unpaired) electrons. The van der Waals surface area contributed by atoms with Gasteiger partial charge in [0.25, 0.3) is 11.1 Å². The fourth-order valence-corrected chi connectivity index (χ4v) is 3.92. The number of alkyl halides is 3. The molecule has 1 N–H and O–H groups in total. The Hall–Kier alpha value is -3.29. The van der Waals surface area contributed by atoms with Crippen molar-refractivity contribution in [3.05, 3.63) is 45.1 Å². The summed E-state index contributed by atoms with van der Waals surface area (Å²) in [7, 11) is 0. The van der Waals surface area contributed by atoms with Crippen molar-refractivity contribution in [1.82, 2.24) is 19.5 Å². The third-order valence-electron chi connectivity index (χ3n) is 6.10. The van der Waals surface area contributed by atoms with Crippen molar-refractivity contribution in [1.29, 1.82) is 0 Å². The molecule has 10 nitrogen and oxygen atoms in total. The lowest BCUT2D eigenvalue weighted by atomic mass is 9.90. The number of morpholine rings is 1. The fraction of sp³-hybridized carbons (Fsp3) is 0.609. The maximum absolute atomic E-state index is 14.9. The van der Waals surface area contributed by atoms with Crippen molar-refractivity contribution in [3.8, 4) is 0 Å². The molecule has 204 valence electrons. The lowest BCUT2D eigenvalue weighted by Gasteiger charge is -2.41. The largest absolute Gasteiger partial charge is 0.408 e. The van der Waals surface area contributed by atoms with Gasteiger partial charge in [-0.3, -0.25) is 19.0 Å². The highest BCUT2D eigenvalue weighted by Gasteiger charge is 2.48. The Morgan fingerprint density at radius 2 is 1.92 bits per heavy atom. The minimum absolute atomic E-state index is 0.116. The van der Waals surface area contributed by atoms with E-state index < -0.39 is 47.8 Å². The monoisotopic (exact) mass is 530 g/mol. The van der Waals surface area contributed by atoms with Crippen molar-refractivity contribution in [3.63, 3.8) is 0 Å². The van der Waals surface area contributed by atoms with Crippen LogP contribution in [0, 0.1) is 11.2 Å². The third-order valence-corrected chi connectivity index (χ3v) is 6.10. The second kappa shape index (κ2) is 11.0. The van der Waals surface area contributed by atoms with Crippen molar-refractivity contribution in [2.75, 3.05) is 36.1 Å². The van der Waals surface area contributed by atoms with Crippen LogP contribution in [0.2, 0.25) is 0 Å². The summed E-state index contributed by atoms with van der Waals surface area (Å²) < 4.78 is 62.4. The number of ether oxygens (including phenoxy) is 1. The summed E-state index contributed by atoms with van der Waals surface area (Å²) >= 11 is 0. The molecule has 0 saturated carbocycles. The number of carbonyl (C=O) groups is 1. The minimum Gasteiger partial charge on any atom is -0.377 e. The van der Waals surface area contributed by atoms with Gasteiger partial charge in [0.2, 0.25) is 11.8 Å². The standard InChI is InChI=1S/C19H26F4N4O3.C4H4N2O/c1-11-10-30-8-7-25(11)15-14(20)16(29)26-6-5-12(19(21,22)23)27(17(26)24-15)9-13(28)18(2,3)4;7-4-1-2-5-3-6-4/h11-12H,5-10H2,1-4H3;1-3H,(H,5,6,7)/t11-,12+;/m1./s1. The Morgan fingerprint density at radius 1 is 1.22 bits per heavy atom. The lowest BCUT2D eigenvalue weighted by molar-refractivity contribution is -0.153. The average molecular weight is 531 g/mol. The summed E-state index contributed by atoms with van der Waals surface area (Å²) in [4.78, 5) is 47.8. The van der Waals surface area contributed by atoms with E-state index in [0.29, 0.717) is 0 Å². The molecule has 2 aromatic rings. The number of H-pyrrole nitrogens is 1. The van der Waals surface area contributed by atoms with E-state index in [1.165, 1.54) is 23.5 Å². The highest BCUT2D eigenvalue weighted by molar-refractivity contribution is 5.88. The van der Waals surface area contributed by atoms with Crippen LogP contribution in [0.4, 0.5) is 29.3 Å². The van der Waals surface area contributed by atoms with E-state index in [1.54, 1.807) is 27.7 Å². The summed E-state index contributed by atoms with van der Waals surface area (Å²) in [6, 6.07) is -0.939. The van der Waals surface area contributed by atoms with E-state index in [4.69, 9.17) is 4.74 Å². The van der Waals surface area contributed by atoms with Crippen LogP contribution in [0.5, 0.6) is 0 Å². The molecule has 0 aromatic carbocycles. The van der Waals surface area contributed by atoms with E-state index in [0.717, 1.165) is 9.47 Å². The highest BCUT2D eigenvalue weighted by Crippen LogP contribution is 2.35. The van der Waals surface area contributed by atoms with Crippen molar-refractivity contribution >= 4 is 17.5 Å². The maximum atomic E-state index is 14.9. The smallest absolute Gasteiger partial charge is 0.377 e. The van der Waals surface area contributed by atoms with Gasteiger partial charge in [-0.2, -0.15) is 22.5 Å². The zero-order valence-corrected chi connectivity index (χ0v) is 21.0. The minimum atomic E-state index is -4.64. The van der Waals surface area contributed by atoms with E-state index in [-0.39, 0.29) is 49.7 Å². The van der Waals surface area contributed by atoms with Crippen LogP contribution in [0.3, 0.4) is 0 Å². The summed E-state index contributed by atoms with van der Waals surface area (Å²) in [5, 5.41) is 0. The molecule has 4 heterocycles. The molecule has 0 spiro atoms. The zero-order valence-electron chi connectivity index (χ0n) is 21.0. The predicted octanol–water partition coefficient (Wildman–Crippen LogP) is 2.13. The molecule has 2 aliphatic heterocycles. The molecule has 37 heavy (non-hydrogen) atoms. The molecule has 0 amide bonds. The lowest BCUT2D eigenvalue weighted by Crippen LogP contribution is -2.55. The van der Waals surface area contributed by atoms with Gasteiger partial charge in [0.05, 0.1) is 32.1 Å². The average Bonchev–Trinajstić information content (AvgIpc) is 2.81. The van der Waals surface area contributed by atoms with Gasteiger partial charge in [0.15, 0.2) is 11.6 Å². The number of nitrogens with one attached hydrogen (secondary N) is 1. The van der Waals surface area contributed by atoms with E-state index in [2.05, 4.69) is 15.0 Å². The Balaban J connectivity index is 0.000000468. The Kier molecular flexibility index (Phi) is 8.40. The highest BCUT2D eigenvalue weighted by atomic mass is 19.4. The third kappa shape index (κ3) is 6.53. The van der Waals surface area contributed by atoms with Crippen molar-refractivity contribution < 1.29 is 27.1 Å². The van der Waals surface area contributed by atoms with E-state index >= 15 is 0 Å². The first-order valence-electron chi connectivity index (χ1n) is 11.7. The molecule has 0 bridgehead atoms. The quantitative estimate of drug-likeness (QED) is 0.601. The second-order valence-electron chi connectivity index (χ2n) is 9.87. The van der Waals surface area contributed by atoms with Crippen molar-refractivity contribution in [2.45, 2.75) is 58.9 Å². The normalized spacial score (nSPS) is 20.1. The van der Waals surface area contributed by atoms with Crippen LogP contribution in [0.25, 0.3) is 0 Å². The topological polar surface area (TPSA) is 113 Å². The fourth-order valence-electron chi connectivity index (χ4n) is 3.92. The van der Waals surface area contributed by atoms with Crippen molar-refractivity contribution in [2.24, 2.45) is 5.41 Å². The number of ketones is 1. The van der Waals surface area contributed by atoms with Gasteiger partial charge >= 0.3 is 6.18 Å². The Labute approximate surface area is 210 Å². The molecule has 1 saturated heterocycles. The molecule has 14 heteroatoms. The molecule has 0 unspecified atom stereocenters. The number of anilines is 2. The van der Waals surface area contributed by atoms with Gasteiger partial charge in [-0.15, -0.1) is 0 Å². The first kappa shape index (κ1) is 28.3. The number of nitrogens with zero attached hydrogens (tertiary/aromatic N) is 5. The summed E-state index contributed by atoms with van der Waals surface area (Å²) in [6.07, 6.45) is -2.31. The Morgan fingerprint density at radius 3 is 2.43 bits per heavy atom. The van der Waals surface area contributed by atoms with Crippen LogP contribution in [0.1, 0.15) is 34.1 Å². The van der Waals surface area contributed by atoms with Gasteiger partial charge in [0, 0.05) is 30.8 Å². The van der Waals surface area contributed by atoms with Gasteiger partial charge in [-0.1, -0.05) is 20.8 Å². The van der Waals surface area contributed by atoms with E-state index in [1.807, 2.05) is 0 Å².